The van der Waals surface area contributed by atoms with E-state index >= 15 is 0 Å². The standard InChI is InChI=1S/C12H12FN/c13-10-4-5-12-9(8-10)6-7-14(12)11-2-1-3-11/h4-8,11H,1-3H2. The molecule has 72 valence electrons. The average molecular weight is 189 g/mol. The average Bonchev–Trinajstić information content (AvgIpc) is 2.45. The molecule has 0 atom stereocenters. The molecule has 0 unspecified atom stereocenters. The molecule has 0 aliphatic heterocycles. The molecule has 1 aliphatic rings. The molecule has 0 saturated heterocycles. The van der Waals surface area contributed by atoms with Gasteiger partial charge >= 0.3 is 0 Å². The largest absolute Gasteiger partial charge is 0.344 e. The minimum absolute atomic E-state index is 0.149. The fourth-order valence-corrected chi connectivity index (χ4v) is 2.12. The van der Waals surface area contributed by atoms with Crippen molar-refractivity contribution in [3.05, 3.63) is 36.3 Å². The number of fused-ring (bicyclic) bond motifs is 1. The molecule has 1 aliphatic carbocycles. The summed E-state index contributed by atoms with van der Waals surface area (Å²) in [6, 6.07) is 7.67. The lowest BCUT2D eigenvalue weighted by molar-refractivity contribution is 0.321. The second-order valence-corrected chi connectivity index (χ2v) is 4.01. The molecule has 0 N–H and O–H groups in total. The van der Waals surface area contributed by atoms with Crippen molar-refractivity contribution in [2.75, 3.05) is 0 Å². The third kappa shape index (κ3) is 1.07. The van der Waals surface area contributed by atoms with Gasteiger partial charge in [-0.3, -0.25) is 0 Å². The number of hydrogen-bond acceptors (Lipinski definition) is 0. The molecular formula is C12H12FN. The van der Waals surface area contributed by atoms with E-state index < -0.39 is 0 Å². The Bertz CT molecular complexity index is 468. The molecular weight excluding hydrogens is 177 g/mol. The van der Waals surface area contributed by atoms with E-state index in [0.717, 1.165) is 10.9 Å². The number of rotatable bonds is 1. The van der Waals surface area contributed by atoms with Gasteiger partial charge in [-0.05, 0) is 43.5 Å². The number of nitrogens with zero attached hydrogens (tertiary/aromatic N) is 1. The number of halogens is 1. The third-order valence-corrected chi connectivity index (χ3v) is 3.15. The second kappa shape index (κ2) is 2.84. The van der Waals surface area contributed by atoms with E-state index in [0.29, 0.717) is 6.04 Å². The van der Waals surface area contributed by atoms with E-state index in [1.165, 1.54) is 25.3 Å². The Morgan fingerprint density at radius 1 is 1.21 bits per heavy atom. The number of benzene rings is 1. The first-order valence-electron chi connectivity index (χ1n) is 5.11. The van der Waals surface area contributed by atoms with E-state index in [1.54, 1.807) is 6.07 Å². The highest BCUT2D eigenvalue weighted by molar-refractivity contribution is 5.80. The van der Waals surface area contributed by atoms with Crippen LogP contribution in [0.4, 0.5) is 4.39 Å². The SMILES string of the molecule is Fc1ccc2c(ccn2C2CCC2)c1. The summed E-state index contributed by atoms with van der Waals surface area (Å²) in [5.41, 5.74) is 1.16. The van der Waals surface area contributed by atoms with Crippen molar-refractivity contribution in [1.29, 1.82) is 0 Å². The van der Waals surface area contributed by atoms with E-state index in [1.807, 2.05) is 12.1 Å². The summed E-state index contributed by atoms with van der Waals surface area (Å²) in [6.45, 7) is 0. The van der Waals surface area contributed by atoms with Crippen LogP contribution in [0.1, 0.15) is 25.3 Å². The Morgan fingerprint density at radius 2 is 2.07 bits per heavy atom. The summed E-state index contributed by atoms with van der Waals surface area (Å²) in [5.74, 6) is -0.149. The van der Waals surface area contributed by atoms with Crippen LogP contribution in [0.15, 0.2) is 30.5 Å². The monoisotopic (exact) mass is 189 g/mol. The highest BCUT2D eigenvalue weighted by atomic mass is 19.1. The summed E-state index contributed by atoms with van der Waals surface area (Å²) < 4.78 is 15.2. The van der Waals surface area contributed by atoms with E-state index in [2.05, 4.69) is 10.8 Å². The van der Waals surface area contributed by atoms with Gasteiger partial charge in [-0.25, -0.2) is 4.39 Å². The van der Waals surface area contributed by atoms with Crippen LogP contribution in [0.5, 0.6) is 0 Å². The van der Waals surface area contributed by atoms with Crippen LogP contribution in [0.3, 0.4) is 0 Å². The lowest BCUT2D eigenvalue weighted by atomic mass is 9.93. The highest BCUT2D eigenvalue weighted by Gasteiger charge is 2.20. The fourth-order valence-electron chi connectivity index (χ4n) is 2.12. The lowest BCUT2D eigenvalue weighted by Crippen LogP contribution is -2.15. The van der Waals surface area contributed by atoms with E-state index in [4.69, 9.17) is 0 Å². The van der Waals surface area contributed by atoms with Crippen LogP contribution in [0, 0.1) is 5.82 Å². The zero-order valence-electron chi connectivity index (χ0n) is 7.91. The smallest absolute Gasteiger partial charge is 0.123 e. The van der Waals surface area contributed by atoms with Crippen LogP contribution < -0.4 is 0 Å². The molecule has 0 spiro atoms. The van der Waals surface area contributed by atoms with Crippen molar-refractivity contribution in [2.24, 2.45) is 0 Å². The van der Waals surface area contributed by atoms with E-state index in [-0.39, 0.29) is 5.82 Å². The Balaban J connectivity index is 2.16. The maximum Gasteiger partial charge on any atom is 0.123 e. The van der Waals surface area contributed by atoms with Crippen molar-refractivity contribution >= 4 is 10.9 Å². The summed E-state index contributed by atoms with van der Waals surface area (Å²) in [7, 11) is 0. The predicted molar refractivity (Wildman–Crippen MR) is 54.8 cm³/mol. The van der Waals surface area contributed by atoms with Gasteiger partial charge in [0.25, 0.3) is 0 Å². The van der Waals surface area contributed by atoms with Gasteiger partial charge < -0.3 is 4.57 Å². The number of aromatic nitrogens is 1. The van der Waals surface area contributed by atoms with Crippen molar-refractivity contribution in [1.82, 2.24) is 4.57 Å². The van der Waals surface area contributed by atoms with Crippen molar-refractivity contribution in [3.8, 4) is 0 Å². The van der Waals surface area contributed by atoms with Crippen molar-refractivity contribution in [2.45, 2.75) is 25.3 Å². The van der Waals surface area contributed by atoms with E-state index in [9.17, 15) is 4.39 Å². The Morgan fingerprint density at radius 3 is 2.79 bits per heavy atom. The Hall–Kier alpha value is -1.31. The molecule has 1 saturated carbocycles. The minimum atomic E-state index is -0.149. The van der Waals surface area contributed by atoms with Gasteiger partial charge in [0.15, 0.2) is 0 Å². The highest BCUT2D eigenvalue weighted by Crippen LogP contribution is 2.34. The van der Waals surface area contributed by atoms with Crippen LogP contribution in [0.2, 0.25) is 0 Å². The molecule has 2 aromatic rings. The van der Waals surface area contributed by atoms with Gasteiger partial charge in [-0.1, -0.05) is 0 Å². The van der Waals surface area contributed by atoms with Crippen molar-refractivity contribution < 1.29 is 4.39 Å². The zero-order chi connectivity index (χ0) is 9.54. The Labute approximate surface area is 82.2 Å². The first-order chi connectivity index (χ1) is 6.84. The van der Waals surface area contributed by atoms with Gasteiger partial charge in [-0.15, -0.1) is 0 Å². The molecule has 2 heteroatoms. The lowest BCUT2D eigenvalue weighted by Gasteiger charge is -2.27. The van der Waals surface area contributed by atoms with Crippen LogP contribution >= 0.6 is 0 Å². The molecule has 1 nitrogen and oxygen atoms in total. The molecule has 1 aromatic carbocycles. The van der Waals surface area contributed by atoms with Crippen molar-refractivity contribution in [3.63, 3.8) is 0 Å². The third-order valence-electron chi connectivity index (χ3n) is 3.15. The first-order valence-corrected chi connectivity index (χ1v) is 5.11. The summed E-state index contributed by atoms with van der Waals surface area (Å²) in [5, 5.41) is 1.01. The van der Waals surface area contributed by atoms with Crippen LogP contribution in [0.25, 0.3) is 10.9 Å². The van der Waals surface area contributed by atoms with Gasteiger partial charge in [0.2, 0.25) is 0 Å². The summed E-state index contributed by atoms with van der Waals surface area (Å²) in [6.07, 6.45) is 5.93. The fraction of sp³-hybridized carbons (Fsp3) is 0.333. The summed E-state index contributed by atoms with van der Waals surface area (Å²) in [4.78, 5) is 0. The van der Waals surface area contributed by atoms with Gasteiger partial charge in [0, 0.05) is 23.1 Å². The summed E-state index contributed by atoms with van der Waals surface area (Å²) >= 11 is 0. The second-order valence-electron chi connectivity index (χ2n) is 4.01. The molecule has 0 amide bonds. The first kappa shape index (κ1) is 8.04. The molecule has 0 bridgehead atoms. The topological polar surface area (TPSA) is 4.93 Å². The zero-order valence-corrected chi connectivity index (χ0v) is 7.91. The molecule has 14 heavy (non-hydrogen) atoms. The quantitative estimate of drug-likeness (QED) is 0.647. The molecule has 1 aromatic heterocycles. The van der Waals surface area contributed by atoms with Gasteiger partial charge in [0.05, 0.1) is 0 Å². The Kier molecular flexibility index (Phi) is 1.63. The van der Waals surface area contributed by atoms with Gasteiger partial charge in [0.1, 0.15) is 5.82 Å². The molecule has 1 fully saturated rings. The molecule has 3 rings (SSSR count). The minimum Gasteiger partial charge on any atom is -0.344 e. The molecule has 0 radical (unpaired) electrons. The maximum absolute atomic E-state index is 12.9. The predicted octanol–water partition coefficient (Wildman–Crippen LogP) is 3.51. The molecule has 1 heterocycles. The number of hydrogen-bond donors (Lipinski definition) is 0. The normalized spacial score (nSPS) is 17.2. The maximum atomic E-state index is 12.9. The van der Waals surface area contributed by atoms with Gasteiger partial charge in [-0.2, -0.15) is 0 Å². The van der Waals surface area contributed by atoms with Crippen LogP contribution in [-0.2, 0) is 0 Å². The van der Waals surface area contributed by atoms with Crippen LogP contribution in [-0.4, -0.2) is 4.57 Å².